The Kier molecular flexibility index (Phi) is 4.35. The van der Waals surface area contributed by atoms with Crippen LogP contribution in [0.5, 0.6) is 0 Å². The highest BCUT2D eigenvalue weighted by Crippen LogP contribution is 2.28. The summed E-state index contributed by atoms with van der Waals surface area (Å²) in [5.74, 6) is 3.70. The van der Waals surface area contributed by atoms with Crippen LogP contribution in [0.3, 0.4) is 0 Å². The maximum Gasteiger partial charge on any atom is 0.225 e. The van der Waals surface area contributed by atoms with Crippen molar-refractivity contribution in [2.75, 3.05) is 42.6 Å². The fourth-order valence-corrected chi connectivity index (χ4v) is 4.60. The van der Waals surface area contributed by atoms with Gasteiger partial charge in [0.1, 0.15) is 17.8 Å². The molecule has 0 radical (unpaired) electrons. The number of aryl methyl sites for hydroxylation is 1. The van der Waals surface area contributed by atoms with Crippen molar-refractivity contribution in [2.45, 2.75) is 12.8 Å². The van der Waals surface area contributed by atoms with Crippen LogP contribution in [0.25, 0.3) is 11.0 Å². The number of piperidine rings is 1. The van der Waals surface area contributed by atoms with E-state index in [1.54, 1.807) is 6.33 Å². The van der Waals surface area contributed by atoms with E-state index in [-0.39, 0.29) is 5.92 Å². The quantitative estimate of drug-likeness (QED) is 0.830. The van der Waals surface area contributed by atoms with E-state index in [0.717, 1.165) is 67.4 Å². The Labute approximate surface area is 146 Å². The molecule has 0 atom stereocenters. The fourth-order valence-electron chi connectivity index (χ4n) is 3.70. The third-order valence-corrected chi connectivity index (χ3v) is 6.05. The molecule has 0 bridgehead atoms. The lowest BCUT2D eigenvalue weighted by Gasteiger charge is -2.36. The number of rotatable bonds is 2. The van der Waals surface area contributed by atoms with Crippen LogP contribution in [0.1, 0.15) is 12.8 Å². The monoisotopic (exact) mass is 345 g/mol. The van der Waals surface area contributed by atoms with Gasteiger partial charge in [-0.1, -0.05) is 0 Å². The normalized spacial score (nSPS) is 19.9. The topological polar surface area (TPSA) is 54.3 Å². The molecule has 0 saturated carbocycles. The van der Waals surface area contributed by atoms with Gasteiger partial charge in [-0.25, -0.2) is 9.97 Å². The van der Waals surface area contributed by atoms with Crippen LogP contribution >= 0.6 is 11.8 Å². The molecular weight excluding hydrogens is 322 g/mol. The van der Waals surface area contributed by atoms with E-state index >= 15 is 0 Å². The van der Waals surface area contributed by atoms with Gasteiger partial charge in [-0.15, -0.1) is 0 Å². The molecule has 24 heavy (non-hydrogen) atoms. The fraction of sp³-hybridized carbons (Fsp3) is 0.588. The predicted octanol–water partition coefficient (Wildman–Crippen LogP) is 1.76. The predicted molar refractivity (Wildman–Crippen MR) is 97.4 cm³/mol. The summed E-state index contributed by atoms with van der Waals surface area (Å²) in [5, 5.41) is 1.10. The highest BCUT2D eigenvalue weighted by atomic mass is 32.2. The van der Waals surface area contributed by atoms with Gasteiger partial charge < -0.3 is 14.4 Å². The van der Waals surface area contributed by atoms with E-state index < -0.39 is 0 Å². The van der Waals surface area contributed by atoms with Crippen LogP contribution in [-0.4, -0.2) is 63.0 Å². The minimum Gasteiger partial charge on any atom is -0.356 e. The summed E-state index contributed by atoms with van der Waals surface area (Å²) in [7, 11) is 2.00. The molecule has 1 amide bonds. The minimum absolute atomic E-state index is 0.178. The number of nitrogens with zero attached hydrogens (tertiary/aromatic N) is 5. The largest absolute Gasteiger partial charge is 0.356 e. The van der Waals surface area contributed by atoms with Crippen molar-refractivity contribution < 1.29 is 4.79 Å². The molecule has 2 aliphatic rings. The van der Waals surface area contributed by atoms with Crippen molar-refractivity contribution >= 4 is 34.5 Å². The van der Waals surface area contributed by atoms with Gasteiger partial charge in [0, 0.05) is 56.8 Å². The molecule has 2 aromatic rings. The molecular formula is C17H23N5OS. The first-order valence-corrected chi connectivity index (χ1v) is 9.77. The van der Waals surface area contributed by atoms with Crippen LogP contribution in [0.2, 0.25) is 0 Å². The summed E-state index contributed by atoms with van der Waals surface area (Å²) in [6.07, 6.45) is 5.50. The highest BCUT2D eigenvalue weighted by molar-refractivity contribution is 7.99. The van der Waals surface area contributed by atoms with Crippen molar-refractivity contribution in [2.24, 2.45) is 13.0 Å². The Morgan fingerprint density at radius 2 is 1.92 bits per heavy atom. The number of carbonyl (C=O) groups is 1. The van der Waals surface area contributed by atoms with E-state index in [0.29, 0.717) is 5.91 Å². The Morgan fingerprint density at radius 1 is 1.17 bits per heavy atom. The molecule has 2 fully saturated rings. The molecule has 0 spiro atoms. The molecule has 0 aliphatic carbocycles. The number of fused-ring (bicyclic) bond motifs is 1. The lowest BCUT2D eigenvalue weighted by molar-refractivity contribution is -0.135. The van der Waals surface area contributed by atoms with E-state index in [1.807, 2.05) is 29.6 Å². The van der Waals surface area contributed by atoms with Gasteiger partial charge in [0.25, 0.3) is 0 Å². The third kappa shape index (κ3) is 2.85. The smallest absolute Gasteiger partial charge is 0.225 e. The minimum atomic E-state index is 0.178. The molecule has 4 rings (SSSR count). The van der Waals surface area contributed by atoms with E-state index in [4.69, 9.17) is 0 Å². The Bertz CT molecular complexity index is 732. The lowest BCUT2D eigenvalue weighted by atomic mass is 9.95. The summed E-state index contributed by atoms with van der Waals surface area (Å²) < 4.78 is 2.02. The maximum absolute atomic E-state index is 12.7. The van der Waals surface area contributed by atoms with Gasteiger partial charge >= 0.3 is 0 Å². The average Bonchev–Trinajstić information content (AvgIpc) is 3.03. The Hall–Kier alpha value is -1.76. The van der Waals surface area contributed by atoms with Crippen LogP contribution in [0.4, 0.5) is 5.82 Å². The maximum atomic E-state index is 12.7. The molecule has 4 heterocycles. The van der Waals surface area contributed by atoms with Crippen LogP contribution in [-0.2, 0) is 11.8 Å². The third-order valence-electron chi connectivity index (χ3n) is 5.11. The van der Waals surface area contributed by atoms with E-state index in [2.05, 4.69) is 25.8 Å². The zero-order valence-corrected chi connectivity index (χ0v) is 14.8. The zero-order valence-electron chi connectivity index (χ0n) is 14.0. The summed E-state index contributed by atoms with van der Waals surface area (Å²) >= 11 is 1.95. The number of carbonyl (C=O) groups excluding carboxylic acids is 1. The number of aromatic nitrogens is 3. The SMILES string of the molecule is Cn1ccc2c(N3CCC(C(=O)N4CCSCC4)CC3)ncnc21. The molecule has 0 N–H and O–H groups in total. The van der Waals surface area contributed by atoms with Crippen molar-refractivity contribution in [3.8, 4) is 0 Å². The Morgan fingerprint density at radius 3 is 2.67 bits per heavy atom. The van der Waals surface area contributed by atoms with Crippen molar-refractivity contribution in [3.63, 3.8) is 0 Å². The second-order valence-corrected chi connectivity index (χ2v) is 7.78. The molecule has 2 aliphatic heterocycles. The number of hydrogen-bond acceptors (Lipinski definition) is 5. The summed E-state index contributed by atoms with van der Waals surface area (Å²) in [4.78, 5) is 25.9. The molecule has 2 saturated heterocycles. The molecule has 128 valence electrons. The average molecular weight is 345 g/mol. The number of thioether (sulfide) groups is 1. The van der Waals surface area contributed by atoms with Gasteiger partial charge in [0.05, 0.1) is 5.39 Å². The van der Waals surface area contributed by atoms with E-state index in [1.165, 1.54) is 0 Å². The first-order chi connectivity index (χ1) is 11.7. The Balaban J connectivity index is 1.44. The standard InChI is InChI=1S/C17H23N5OS/c1-20-5-4-14-15(20)18-12-19-16(14)21-6-2-13(3-7-21)17(23)22-8-10-24-11-9-22/h4-5,12-13H,2-3,6-11H2,1H3. The van der Waals surface area contributed by atoms with Crippen LogP contribution < -0.4 is 4.90 Å². The molecule has 0 aromatic carbocycles. The van der Waals surface area contributed by atoms with Gasteiger partial charge in [-0.05, 0) is 18.9 Å². The zero-order chi connectivity index (χ0) is 16.5. The number of hydrogen-bond donors (Lipinski definition) is 0. The van der Waals surface area contributed by atoms with Crippen molar-refractivity contribution in [1.29, 1.82) is 0 Å². The number of amides is 1. The second kappa shape index (κ2) is 6.63. The molecule has 7 heteroatoms. The van der Waals surface area contributed by atoms with Crippen molar-refractivity contribution in [1.82, 2.24) is 19.4 Å². The number of anilines is 1. The second-order valence-electron chi connectivity index (χ2n) is 6.56. The summed E-state index contributed by atoms with van der Waals surface area (Å²) in [6, 6.07) is 2.08. The van der Waals surface area contributed by atoms with Gasteiger partial charge in [0.15, 0.2) is 0 Å². The molecule has 2 aromatic heterocycles. The first-order valence-electron chi connectivity index (χ1n) is 8.61. The summed E-state index contributed by atoms with van der Waals surface area (Å²) in [6.45, 7) is 3.61. The van der Waals surface area contributed by atoms with Gasteiger partial charge in [-0.2, -0.15) is 11.8 Å². The molecule has 0 unspecified atom stereocenters. The highest BCUT2D eigenvalue weighted by Gasteiger charge is 2.30. The van der Waals surface area contributed by atoms with Crippen LogP contribution in [0.15, 0.2) is 18.6 Å². The van der Waals surface area contributed by atoms with Gasteiger partial charge in [-0.3, -0.25) is 4.79 Å². The summed E-state index contributed by atoms with van der Waals surface area (Å²) in [5.41, 5.74) is 0.962. The molecule has 6 nitrogen and oxygen atoms in total. The van der Waals surface area contributed by atoms with Crippen LogP contribution in [0, 0.1) is 5.92 Å². The van der Waals surface area contributed by atoms with Crippen molar-refractivity contribution in [3.05, 3.63) is 18.6 Å². The lowest BCUT2D eigenvalue weighted by Crippen LogP contribution is -2.45. The van der Waals surface area contributed by atoms with E-state index in [9.17, 15) is 4.79 Å². The first kappa shape index (κ1) is 15.7. The van der Waals surface area contributed by atoms with Gasteiger partial charge in [0.2, 0.25) is 5.91 Å².